The first-order chi connectivity index (χ1) is 14.7. The van der Waals surface area contributed by atoms with Gasteiger partial charge in [-0.3, -0.25) is 0 Å². The molecule has 8 nitrogen and oxygen atoms in total. The summed E-state index contributed by atoms with van der Waals surface area (Å²) in [4.78, 5) is 9.07. The number of pyridine rings is 1. The first-order valence-electron chi connectivity index (χ1n) is 9.58. The number of tetrazole rings is 1. The van der Waals surface area contributed by atoms with E-state index in [9.17, 15) is 5.11 Å². The van der Waals surface area contributed by atoms with E-state index in [4.69, 9.17) is 0 Å². The van der Waals surface area contributed by atoms with Crippen LogP contribution in [0.5, 0.6) is 0 Å². The topological polar surface area (TPSA) is 105 Å². The lowest BCUT2D eigenvalue weighted by Gasteiger charge is -2.12. The summed E-state index contributed by atoms with van der Waals surface area (Å²) in [6.07, 6.45) is 1.76. The Morgan fingerprint density at radius 1 is 1.03 bits per heavy atom. The van der Waals surface area contributed by atoms with Gasteiger partial charge in [0.1, 0.15) is 17.9 Å². The van der Waals surface area contributed by atoms with Crippen molar-refractivity contribution in [2.45, 2.75) is 20.1 Å². The molecule has 2 N–H and O–H groups in total. The minimum atomic E-state index is -0.157. The highest BCUT2D eigenvalue weighted by Crippen LogP contribution is 2.31. The van der Waals surface area contributed by atoms with Crippen LogP contribution in [0.1, 0.15) is 17.0 Å². The van der Waals surface area contributed by atoms with Gasteiger partial charge in [-0.15, -0.1) is 10.2 Å². The second-order valence-electron chi connectivity index (χ2n) is 7.05. The third-order valence-electron chi connectivity index (χ3n) is 5.15. The van der Waals surface area contributed by atoms with Gasteiger partial charge >= 0.3 is 0 Å². The van der Waals surface area contributed by atoms with E-state index in [2.05, 4.69) is 60.9 Å². The van der Waals surface area contributed by atoms with E-state index in [1.807, 2.05) is 35.8 Å². The highest BCUT2D eigenvalue weighted by Gasteiger charge is 2.16. The second-order valence-corrected chi connectivity index (χ2v) is 7.05. The van der Waals surface area contributed by atoms with Crippen LogP contribution in [0.2, 0.25) is 0 Å². The fraction of sp³-hybridized carbons (Fsp3) is 0.136. The minimum Gasteiger partial charge on any atom is -0.388 e. The lowest BCUT2D eigenvalue weighted by atomic mass is 9.97. The van der Waals surface area contributed by atoms with Gasteiger partial charge in [0.05, 0.1) is 6.54 Å². The summed E-state index contributed by atoms with van der Waals surface area (Å²) in [7, 11) is 0. The van der Waals surface area contributed by atoms with Crippen LogP contribution in [0.3, 0.4) is 0 Å². The van der Waals surface area contributed by atoms with E-state index in [0.29, 0.717) is 18.2 Å². The molecule has 0 aliphatic carbocycles. The van der Waals surface area contributed by atoms with Crippen molar-refractivity contribution in [3.63, 3.8) is 0 Å². The number of nitrogens with one attached hydrogen (secondary N) is 1. The Hall–Kier alpha value is -3.91. The summed E-state index contributed by atoms with van der Waals surface area (Å²) >= 11 is 0. The number of aliphatic hydroxyl groups is 1. The van der Waals surface area contributed by atoms with Gasteiger partial charge in [-0.1, -0.05) is 42.5 Å². The van der Waals surface area contributed by atoms with Crippen molar-refractivity contribution in [1.82, 2.24) is 35.2 Å². The van der Waals surface area contributed by atoms with Crippen molar-refractivity contribution in [2.24, 2.45) is 0 Å². The third-order valence-corrected chi connectivity index (χ3v) is 5.15. The molecule has 0 unspecified atom stereocenters. The average molecular weight is 397 g/mol. The maximum absolute atomic E-state index is 9.84. The zero-order valence-corrected chi connectivity index (χ0v) is 16.3. The fourth-order valence-electron chi connectivity index (χ4n) is 3.67. The second kappa shape index (κ2) is 7.49. The molecule has 0 atom stereocenters. The number of hydrogen-bond donors (Lipinski definition) is 2. The van der Waals surface area contributed by atoms with Gasteiger partial charge in [0.15, 0.2) is 5.65 Å². The molecular weight excluding hydrogens is 378 g/mol. The normalized spacial score (nSPS) is 11.3. The van der Waals surface area contributed by atoms with E-state index in [1.165, 1.54) is 0 Å². The molecule has 0 aliphatic heterocycles. The molecule has 0 saturated heterocycles. The number of imidazole rings is 1. The first-order valence-corrected chi connectivity index (χ1v) is 9.58. The summed E-state index contributed by atoms with van der Waals surface area (Å²) in [5.74, 6) is 1.11. The molecule has 148 valence electrons. The monoisotopic (exact) mass is 397 g/mol. The van der Waals surface area contributed by atoms with Crippen molar-refractivity contribution in [2.75, 3.05) is 0 Å². The Balaban J connectivity index is 1.63. The highest BCUT2D eigenvalue weighted by atomic mass is 16.3. The summed E-state index contributed by atoms with van der Waals surface area (Å²) in [5, 5.41) is 24.5. The Labute approximate surface area is 172 Å². The van der Waals surface area contributed by atoms with Crippen LogP contribution >= 0.6 is 0 Å². The lowest BCUT2D eigenvalue weighted by Crippen LogP contribution is -2.06. The Bertz CT molecular complexity index is 1310. The number of fused-ring (bicyclic) bond motifs is 1. The van der Waals surface area contributed by atoms with E-state index < -0.39 is 0 Å². The maximum atomic E-state index is 9.84. The molecule has 0 fully saturated rings. The van der Waals surface area contributed by atoms with Crippen molar-refractivity contribution >= 4 is 11.2 Å². The van der Waals surface area contributed by atoms with Crippen molar-refractivity contribution in [3.05, 3.63) is 77.7 Å². The Kier molecular flexibility index (Phi) is 4.53. The number of aliphatic hydroxyl groups excluding tert-OH is 1. The van der Waals surface area contributed by atoms with Crippen molar-refractivity contribution in [3.8, 4) is 22.5 Å². The molecular formula is C22H19N7O. The van der Waals surface area contributed by atoms with Gasteiger partial charge in [-0.2, -0.15) is 5.21 Å². The van der Waals surface area contributed by atoms with Crippen LogP contribution in [0, 0.1) is 6.92 Å². The van der Waals surface area contributed by atoms with Gasteiger partial charge in [-0.05, 0) is 46.5 Å². The molecule has 0 radical (unpaired) electrons. The summed E-state index contributed by atoms with van der Waals surface area (Å²) < 4.78 is 1.94. The molecule has 30 heavy (non-hydrogen) atoms. The van der Waals surface area contributed by atoms with Crippen molar-refractivity contribution < 1.29 is 5.11 Å². The van der Waals surface area contributed by atoms with Gasteiger partial charge < -0.3 is 9.67 Å². The minimum absolute atomic E-state index is 0.157. The number of H-pyrrole nitrogens is 1. The molecule has 0 amide bonds. The van der Waals surface area contributed by atoms with Crippen LogP contribution in [0.15, 0.2) is 60.8 Å². The highest BCUT2D eigenvalue weighted by molar-refractivity contribution is 5.81. The first kappa shape index (κ1) is 18.1. The summed E-state index contributed by atoms with van der Waals surface area (Å²) in [6.45, 7) is 2.35. The third kappa shape index (κ3) is 3.13. The van der Waals surface area contributed by atoms with Gasteiger partial charge in [0.2, 0.25) is 5.82 Å². The summed E-state index contributed by atoms with van der Waals surface area (Å²) in [6, 6.07) is 18.2. The zero-order valence-electron chi connectivity index (χ0n) is 16.3. The number of aryl methyl sites for hydroxylation is 1. The van der Waals surface area contributed by atoms with Crippen molar-refractivity contribution in [1.29, 1.82) is 0 Å². The molecule has 0 saturated carbocycles. The van der Waals surface area contributed by atoms with Crippen LogP contribution in [0.4, 0.5) is 0 Å². The molecule has 2 aromatic carbocycles. The number of rotatable bonds is 5. The van der Waals surface area contributed by atoms with E-state index in [0.717, 1.165) is 39.0 Å². The number of hydrogen-bond acceptors (Lipinski definition) is 6. The summed E-state index contributed by atoms with van der Waals surface area (Å²) in [5.41, 5.74) is 6.59. The Morgan fingerprint density at radius 3 is 2.67 bits per heavy atom. The molecule has 5 rings (SSSR count). The largest absolute Gasteiger partial charge is 0.388 e. The van der Waals surface area contributed by atoms with E-state index in [-0.39, 0.29) is 6.61 Å². The van der Waals surface area contributed by atoms with Gasteiger partial charge in [-0.25, -0.2) is 9.97 Å². The standard InChI is InChI=1S/C22H19N7O/c1-14-9-10-23-22-20(14)24-19(13-30)29(22)12-15-7-8-17(16-5-3-2-4-6-16)18(11-15)21-25-27-28-26-21/h2-11,30H,12-13H2,1H3,(H,25,26,27,28). The maximum Gasteiger partial charge on any atom is 0.205 e. The van der Waals surface area contributed by atoms with Crippen LogP contribution in [-0.2, 0) is 13.2 Å². The van der Waals surface area contributed by atoms with E-state index in [1.54, 1.807) is 6.20 Å². The van der Waals surface area contributed by atoms with Crippen LogP contribution in [0.25, 0.3) is 33.7 Å². The molecule has 5 aromatic rings. The Morgan fingerprint density at radius 2 is 1.90 bits per heavy atom. The molecule has 0 aliphatic rings. The molecule has 3 heterocycles. The predicted molar refractivity (Wildman–Crippen MR) is 112 cm³/mol. The smallest absolute Gasteiger partial charge is 0.205 e. The molecule has 3 aromatic heterocycles. The lowest BCUT2D eigenvalue weighted by molar-refractivity contribution is 0.267. The number of aromatic nitrogens is 7. The molecule has 0 bridgehead atoms. The van der Waals surface area contributed by atoms with Gasteiger partial charge in [0.25, 0.3) is 0 Å². The molecule has 8 heteroatoms. The van der Waals surface area contributed by atoms with Crippen LogP contribution in [-0.4, -0.2) is 40.3 Å². The number of nitrogens with zero attached hydrogens (tertiary/aromatic N) is 6. The number of aromatic amines is 1. The SMILES string of the molecule is Cc1ccnc2c1nc(CO)n2Cc1ccc(-c2ccccc2)c(-c2nn[nH]n2)c1. The fourth-order valence-corrected chi connectivity index (χ4v) is 3.67. The number of benzene rings is 2. The van der Waals surface area contributed by atoms with E-state index >= 15 is 0 Å². The van der Waals surface area contributed by atoms with Crippen LogP contribution < -0.4 is 0 Å². The molecule has 0 spiro atoms. The predicted octanol–water partition coefficient (Wildman–Crippen LogP) is 3.13. The quantitative estimate of drug-likeness (QED) is 0.472. The zero-order chi connectivity index (χ0) is 20.5. The van der Waals surface area contributed by atoms with Gasteiger partial charge in [0, 0.05) is 11.8 Å². The average Bonchev–Trinajstić information content (AvgIpc) is 3.44.